The number of ether oxygens (including phenoxy) is 1. The van der Waals surface area contributed by atoms with E-state index in [4.69, 9.17) is 4.74 Å². The zero-order valence-corrected chi connectivity index (χ0v) is 8.47. The molecule has 0 fully saturated rings. The van der Waals surface area contributed by atoms with Crippen LogP contribution in [0.3, 0.4) is 0 Å². The van der Waals surface area contributed by atoms with E-state index in [9.17, 15) is 9.90 Å². The fourth-order valence-electron chi connectivity index (χ4n) is 1.12. The lowest BCUT2D eigenvalue weighted by molar-refractivity contribution is -0.139. The molecule has 1 aliphatic heterocycles. The summed E-state index contributed by atoms with van der Waals surface area (Å²) in [5, 5.41) is 14.8. The Morgan fingerprint density at radius 1 is 1.36 bits per heavy atom. The maximum Gasteiger partial charge on any atom is 0.356 e. The summed E-state index contributed by atoms with van der Waals surface area (Å²) in [4.78, 5) is 11.3. The Kier molecular flexibility index (Phi) is 3.01. The monoisotopic (exact) mass is 198 g/mol. The highest BCUT2D eigenvalue weighted by atomic mass is 16.5. The van der Waals surface area contributed by atoms with Gasteiger partial charge in [0.25, 0.3) is 0 Å². The first-order chi connectivity index (χ1) is 6.56. The molecule has 0 aromatic carbocycles. The first-order valence-electron chi connectivity index (χ1n) is 4.38. The minimum absolute atomic E-state index is 0.0568. The maximum atomic E-state index is 11.3. The van der Waals surface area contributed by atoms with Crippen LogP contribution >= 0.6 is 0 Å². The summed E-state index contributed by atoms with van der Waals surface area (Å²) in [6.07, 6.45) is 0. The lowest BCUT2D eigenvalue weighted by Crippen LogP contribution is -2.33. The predicted octanol–water partition coefficient (Wildman–Crippen LogP) is 0.721. The van der Waals surface area contributed by atoms with E-state index in [-0.39, 0.29) is 11.6 Å². The molecule has 1 rings (SSSR count). The Bertz CT molecular complexity index is 318. The molecule has 0 spiro atoms. The standard InChI is InChI=1S/C9H14N2O3/c1-4-14-9(13)7-5(2)10-6(3)8(12)11-7/h10-12H,4H2,1-3H3. The van der Waals surface area contributed by atoms with Crippen molar-refractivity contribution in [2.24, 2.45) is 0 Å². The Hall–Kier alpha value is -1.65. The van der Waals surface area contributed by atoms with Crippen LogP contribution in [0.1, 0.15) is 20.8 Å². The molecule has 0 radical (unpaired) electrons. The number of allylic oxidation sites excluding steroid dienone is 2. The number of hydrogen-bond donors (Lipinski definition) is 3. The van der Waals surface area contributed by atoms with Crippen LogP contribution in [0, 0.1) is 0 Å². The highest BCUT2D eigenvalue weighted by Crippen LogP contribution is 2.11. The van der Waals surface area contributed by atoms with Crippen LogP contribution in [0.5, 0.6) is 0 Å². The number of carbonyl (C=O) groups is 1. The van der Waals surface area contributed by atoms with Gasteiger partial charge in [-0.1, -0.05) is 0 Å². The van der Waals surface area contributed by atoms with Gasteiger partial charge >= 0.3 is 5.97 Å². The second kappa shape index (κ2) is 4.04. The first-order valence-corrected chi connectivity index (χ1v) is 4.38. The largest absolute Gasteiger partial charge is 0.493 e. The van der Waals surface area contributed by atoms with Gasteiger partial charge in [0.1, 0.15) is 5.70 Å². The van der Waals surface area contributed by atoms with Crippen molar-refractivity contribution in [1.82, 2.24) is 10.6 Å². The van der Waals surface area contributed by atoms with Crippen LogP contribution in [-0.2, 0) is 9.53 Å². The Balaban J connectivity index is 2.80. The van der Waals surface area contributed by atoms with E-state index >= 15 is 0 Å². The van der Waals surface area contributed by atoms with Crippen molar-refractivity contribution in [3.8, 4) is 0 Å². The van der Waals surface area contributed by atoms with Crippen molar-refractivity contribution >= 4 is 5.97 Å². The van der Waals surface area contributed by atoms with Gasteiger partial charge in [-0.25, -0.2) is 4.79 Å². The van der Waals surface area contributed by atoms with Gasteiger partial charge < -0.3 is 20.5 Å². The van der Waals surface area contributed by atoms with Gasteiger partial charge in [0.05, 0.1) is 12.3 Å². The third kappa shape index (κ3) is 1.99. The molecule has 0 saturated carbocycles. The van der Waals surface area contributed by atoms with Crippen molar-refractivity contribution in [1.29, 1.82) is 0 Å². The number of esters is 1. The minimum atomic E-state index is -0.475. The Morgan fingerprint density at radius 2 is 2.00 bits per heavy atom. The molecule has 0 unspecified atom stereocenters. The zero-order chi connectivity index (χ0) is 10.7. The lowest BCUT2D eigenvalue weighted by Gasteiger charge is -2.21. The average Bonchev–Trinajstić information content (AvgIpc) is 2.11. The third-order valence-corrected chi connectivity index (χ3v) is 1.83. The third-order valence-electron chi connectivity index (χ3n) is 1.83. The summed E-state index contributed by atoms with van der Waals surface area (Å²) in [5.41, 5.74) is 1.46. The van der Waals surface area contributed by atoms with E-state index in [0.29, 0.717) is 18.0 Å². The van der Waals surface area contributed by atoms with Crippen LogP contribution < -0.4 is 10.6 Å². The quantitative estimate of drug-likeness (QED) is 0.570. The van der Waals surface area contributed by atoms with E-state index in [1.54, 1.807) is 20.8 Å². The molecule has 0 aliphatic carbocycles. The molecule has 78 valence electrons. The van der Waals surface area contributed by atoms with Gasteiger partial charge in [-0.3, -0.25) is 0 Å². The zero-order valence-electron chi connectivity index (χ0n) is 8.47. The molecular formula is C9H14N2O3. The van der Waals surface area contributed by atoms with E-state index in [0.717, 1.165) is 0 Å². The highest BCUT2D eigenvalue weighted by Gasteiger charge is 2.20. The number of rotatable bonds is 2. The van der Waals surface area contributed by atoms with E-state index in [2.05, 4.69) is 10.6 Å². The normalized spacial score (nSPS) is 16.2. The molecule has 0 saturated heterocycles. The Labute approximate surface area is 82.4 Å². The molecule has 5 heteroatoms. The number of nitrogens with one attached hydrogen (secondary N) is 2. The van der Waals surface area contributed by atoms with Gasteiger partial charge in [-0.15, -0.1) is 0 Å². The van der Waals surface area contributed by atoms with Crippen LogP contribution in [0.4, 0.5) is 0 Å². The maximum absolute atomic E-state index is 11.3. The molecule has 14 heavy (non-hydrogen) atoms. The molecule has 3 N–H and O–H groups in total. The minimum Gasteiger partial charge on any atom is -0.493 e. The average molecular weight is 198 g/mol. The first kappa shape index (κ1) is 10.4. The van der Waals surface area contributed by atoms with Gasteiger partial charge in [0.15, 0.2) is 0 Å². The predicted molar refractivity (Wildman–Crippen MR) is 50.9 cm³/mol. The second-order valence-corrected chi connectivity index (χ2v) is 2.94. The van der Waals surface area contributed by atoms with Gasteiger partial charge in [-0.2, -0.15) is 0 Å². The summed E-state index contributed by atoms with van der Waals surface area (Å²) in [5.74, 6) is -0.532. The number of aliphatic hydroxyl groups excluding tert-OH is 1. The number of carbonyl (C=O) groups excluding carboxylic acids is 1. The summed E-state index contributed by atoms with van der Waals surface area (Å²) in [6.45, 7) is 5.47. The van der Waals surface area contributed by atoms with Gasteiger partial charge in [-0.05, 0) is 20.8 Å². The smallest absolute Gasteiger partial charge is 0.356 e. The van der Waals surface area contributed by atoms with E-state index < -0.39 is 5.97 Å². The molecule has 0 aromatic rings. The summed E-state index contributed by atoms with van der Waals surface area (Å²) in [6, 6.07) is 0. The van der Waals surface area contributed by atoms with E-state index in [1.165, 1.54) is 0 Å². The number of aliphatic hydroxyl groups is 1. The highest BCUT2D eigenvalue weighted by molar-refractivity contribution is 5.89. The Morgan fingerprint density at radius 3 is 2.57 bits per heavy atom. The molecule has 5 nitrogen and oxygen atoms in total. The van der Waals surface area contributed by atoms with Crippen molar-refractivity contribution < 1.29 is 14.6 Å². The van der Waals surface area contributed by atoms with Crippen LogP contribution in [0.25, 0.3) is 0 Å². The van der Waals surface area contributed by atoms with Gasteiger partial charge in [0, 0.05) is 5.70 Å². The van der Waals surface area contributed by atoms with Crippen molar-refractivity contribution in [2.75, 3.05) is 6.61 Å². The molecule has 1 aliphatic rings. The van der Waals surface area contributed by atoms with Crippen molar-refractivity contribution in [3.63, 3.8) is 0 Å². The molecule has 0 amide bonds. The van der Waals surface area contributed by atoms with Crippen LogP contribution in [0.2, 0.25) is 0 Å². The van der Waals surface area contributed by atoms with Gasteiger partial charge in [0.2, 0.25) is 5.88 Å². The van der Waals surface area contributed by atoms with Crippen LogP contribution in [-0.4, -0.2) is 17.7 Å². The fourth-order valence-corrected chi connectivity index (χ4v) is 1.12. The van der Waals surface area contributed by atoms with E-state index in [1.807, 2.05) is 0 Å². The molecule has 1 heterocycles. The molecule has 0 bridgehead atoms. The topological polar surface area (TPSA) is 70.6 Å². The van der Waals surface area contributed by atoms with Crippen LogP contribution in [0.15, 0.2) is 23.0 Å². The molecular weight excluding hydrogens is 184 g/mol. The number of hydrogen-bond acceptors (Lipinski definition) is 5. The molecule has 0 aromatic heterocycles. The fraction of sp³-hybridized carbons (Fsp3) is 0.444. The SMILES string of the molecule is CCOC(=O)C1=C(C)NC(C)=C(O)N1. The summed E-state index contributed by atoms with van der Waals surface area (Å²) >= 11 is 0. The summed E-state index contributed by atoms with van der Waals surface area (Å²) in [7, 11) is 0. The molecule has 0 atom stereocenters. The second-order valence-electron chi connectivity index (χ2n) is 2.94. The van der Waals surface area contributed by atoms with Crippen molar-refractivity contribution in [3.05, 3.63) is 23.0 Å². The summed E-state index contributed by atoms with van der Waals surface area (Å²) < 4.78 is 4.80. The van der Waals surface area contributed by atoms with Crippen molar-refractivity contribution in [2.45, 2.75) is 20.8 Å². The lowest BCUT2D eigenvalue weighted by atomic mass is 10.2.